The van der Waals surface area contributed by atoms with Gasteiger partial charge in [-0.15, -0.1) is 0 Å². The second kappa shape index (κ2) is 7.48. The van der Waals surface area contributed by atoms with Crippen LogP contribution in [-0.2, 0) is 6.42 Å². The second-order valence-electron chi connectivity index (χ2n) is 6.22. The maximum atomic E-state index is 12.8. The molecule has 9 nitrogen and oxygen atoms in total. The minimum Gasteiger partial charge on any atom is -0.495 e. The highest BCUT2D eigenvalue weighted by atomic mass is 16.5. The molecule has 27 heavy (non-hydrogen) atoms. The number of carbonyl (C=O) groups excluding carboxylic acids is 1. The summed E-state index contributed by atoms with van der Waals surface area (Å²) in [6, 6.07) is 4.89. The zero-order valence-electron chi connectivity index (χ0n) is 15.7. The lowest BCUT2D eigenvalue weighted by atomic mass is 10.2. The van der Waals surface area contributed by atoms with Gasteiger partial charge < -0.3 is 15.4 Å². The molecule has 0 fully saturated rings. The predicted octanol–water partition coefficient (Wildman–Crippen LogP) is 2.64. The molecule has 0 bridgehead atoms. The smallest absolute Gasteiger partial charge is 0.323 e. The van der Waals surface area contributed by atoms with Gasteiger partial charge in [-0.3, -0.25) is 9.89 Å². The maximum absolute atomic E-state index is 12.8. The van der Waals surface area contributed by atoms with Gasteiger partial charge in [-0.25, -0.2) is 9.78 Å². The van der Waals surface area contributed by atoms with E-state index in [9.17, 15) is 9.59 Å². The van der Waals surface area contributed by atoms with Crippen LogP contribution in [0.3, 0.4) is 0 Å². The second-order valence-corrected chi connectivity index (χ2v) is 6.22. The summed E-state index contributed by atoms with van der Waals surface area (Å²) in [6.07, 6.45) is 1.31. The molecule has 1 aromatic carbocycles. The van der Waals surface area contributed by atoms with Crippen LogP contribution in [0.2, 0.25) is 0 Å². The Hall–Kier alpha value is -3.36. The molecule has 3 rings (SSSR count). The monoisotopic (exact) mass is 370 g/mol. The summed E-state index contributed by atoms with van der Waals surface area (Å²) in [6.45, 7) is 5.62. The number of benzene rings is 1. The third-order valence-corrected chi connectivity index (χ3v) is 4.01. The summed E-state index contributed by atoms with van der Waals surface area (Å²) in [5, 5.41) is 8.18. The van der Waals surface area contributed by atoms with Gasteiger partial charge in [0, 0.05) is 0 Å². The summed E-state index contributed by atoms with van der Waals surface area (Å²) in [5.74, 6) is 1.37. The first-order valence-corrected chi connectivity index (χ1v) is 8.63. The van der Waals surface area contributed by atoms with E-state index in [1.54, 1.807) is 19.1 Å². The number of urea groups is 1. The molecule has 142 valence electrons. The number of H-pyrrole nitrogens is 1. The predicted molar refractivity (Wildman–Crippen MR) is 103 cm³/mol. The van der Waals surface area contributed by atoms with Crippen molar-refractivity contribution in [3.8, 4) is 5.75 Å². The number of nitrogens with zero attached hydrogens (tertiary/aromatic N) is 3. The molecule has 0 atom stereocenters. The Morgan fingerprint density at radius 2 is 2.04 bits per heavy atom. The minimum atomic E-state index is -0.550. The number of nitrogens with one attached hydrogen (secondary N) is 3. The van der Waals surface area contributed by atoms with Crippen LogP contribution in [0.5, 0.6) is 5.75 Å². The lowest BCUT2D eigenvalue weighted by Crippen LogP contribution is -2.28. The molecule has 9 heteroatoms. The number of hydrogen-bond donors (Lipinski definition) is 3. The molecule has 2 amide bonds. The van der Waals surface area contributed by atoms with Crippen molar-refractivity contribution >= 4 is 23.2 Å². The molecule has 0 radical (unpaired) electrons. The van der Waals surface area contributed by atoms with Gasteiger partial charge in [0.1, 0.15) is 17.3 Å². The first-order valence-electron chi connectivity index (χ1n) is 8.63. The topological polar surface area (TPSA) is 113 Å². The van der Waals surface area contributed by atoms with Crippen molar-refractivity contribution in [1.82, 2.24) is 19.6 Å². The van der Waals surface area contributed by atoms with Crippen LogP contribution in [0.4, 0.5) is 16.2 Å². The Kier molecular flexibility index (Phi) is 5.11. The third kappa shape index (κ3) is 3.76. The molecule has 0 unspecified atom stereocenters. The standard InChI is InChI=1S/C18H22N6O3/c1-5-6-12-15(16(25)24-17(20-12)19-11(3)23-24)22-18(26)21-13-9-10(2)7-8-14(13)27-4/h7-9H,5-6H2,1-4H3,(H,19,20,23)(H2,21,22,26). The van der Waals surface area contributed by atoms with Crippen LogP contribution in [-0.4, -0.2) is 32.7 Å². The first-order chi connectivity index (χ1) is 12.9. The van der Waals surface area contributed by atoms with Crippen molar-refractivity contribution in [2.75, 3.05) is 17.7 Å². The maximum Gasteiger partial charge on any atom is 0.323 e. The molecule has 0 aliphatic rings. The molecule has 2 aromatic heterocycles. The summed E-state index contributed by atoms with van der Waals surface area (Å²) < 4.78 is 6.48. The van der Waals surface area contributed by atoms with E-state index in [2.05, 4.69) is 25.7 Å². The number of amides is 2. The Balaban J connectivity index is 1.94. The van der Waals surface area contributed by atoms with Crippen LogP contribution in [0.1, 0.15) is 30.4 Å². The van der Waals surface area contributed by atoms with Gasteiger partial charge in [0.05, 0.1) is 18.5 Å². The Morgan fingerprint density at radius 1 is 1.26 bits per heavy atom. The zero-order chi connectivity index (χ0) is 19.6. The van der Waals surface area contributed by atoms with E-state index in [0.29, 0.717) is 29.4 Å². The first kappa shape index (κ1) is 18.4. The summed E-state index contributed by atoms with van der Waals surface area (Å²) >= 11 is 0. The van der Waals surface area contributed by atoms with Crippen molar-refractivity contribution in [3.63, 3.8) is 0 Å². The van der Waals surface area contributed by atoms with Gasteiger partial charge in [-0.05, 0) is 38.0 Å². The SMILES string of the molecule is CCCc1nc2nc(C)[nH]n2c(=O)c1NC(=O)Nc1cc(C)ccc1OC. The van der Waals surface area contributed by atoms with Gasteiger partial charge in [0.2, 0.25) is 0 Å². The fourth-order valence-electron chi connectivity index (χ4n) is 2.80. The molecular weight excluding hydrogens is 348 g/mol. The zero-order valence-corrected chi connectivity index (χ0v) is 15.7. The highest BCUT2D eigenvalue weighted by molar-refractivity contribution is 6.01. The summed E-state index contributed by atoms with van der Waals surface area (Å²) in [7, 11) is 1.53. The van der Waals surface area contributed by atoms with Gasteiger partial charge in [0.15, 0.2) is 0 Å². The average molecular weight is 370 g/mol. The van der Waals surface area contributed by atoms with Gasteiger partial charge in [-0.2, -0.15) is 9.50 Å². The number of rotatable bonds is 5. The fraction of sp³-hybridized carbons (Fsp3) is 0.333. The number of carbonyl (C=O) groups is 1. The Morgan fingerprint density at radius 3 is 2.74 bits per heavy atom. The van der Waals surface area contributed by atoms with E-state index in [1.807, 2.05) is 19.9 Å². The molecule has 0 saturated heterocycles. The molecule has 0 aliphatic carbocycles. The molecule has 0 spiro atoms. The highest BCUT2D eigenvalue weighted by Crippen LogP contribution is 2.25. The van der Waals surface area contributed by atoms with E-state index in [4.69, 9.17) is 4.74 Å². The highest BCUT2D eigenvalue weighted by Gasteiger charge is 2.17. The number of aromatic amines is 1. The van der Waals surface area contributed by atoms with Crippen molar-refractivity contribution in [1.29, 1.82) is 0 Å². The van der Waals surface area contributed by atoms with Gasteiger partial charge >= 0.3 is 6.03 Å². The van der Waals surface area contributed by atoms with Crippen molar-refractivity contribution in [2.24, 2.45) is 0 Å². The molecule has 0 saturated carbocycles. The number of aromatic nitrogens is 4. The Labute approximate surface area is 155 Å². The number of anilines is 2. The normalized spacial score (nSPS) is 10.8. The van der Waals surface area contributed by atoms with Crippen molar-refractivity contribution < 1.29 is 9.53 Å². The lowest BCUT2D eigenvalue weighted by molar-refractivity contribution is 0.262. The van der Waals surface area contributed by atoms with Crippen LogP contribution in [0.15, 0.2) is 23.0 Å². The van der Waals surface area contributed by atoms with Crippen LogP contribution in [0.25, 0.3) is 5.78 Å². The van der Waals surface area contributed by atoms with Crippen LogP contribution < -0.4 is 20.9 Å². The largest absolute Gasteiger partial charge is 0.495 e. The molecule has 3 aromatic rings. The summed E-state index contributed by atoms with van der Waals surface area (Å²) in [4.78, 5) is 33.9. The molecule has 0 aliphatic heterocycles. The van der Waals surface area contributed by atoms with Crippen molar-refractivity contribution in [2.45, 2.75) is 33.6 Å². The van der Waals surface area contributed by atoms with E-state index >= 15 is 0 Å². The molecule has 2 heterocycles. The number of hydrogen-bond acceptors (Lipinski definition) is 5. The summed E-state index contributed by atoms with van der Waals surface area (Å²) in [5.41, 5.74) is 1.70. The minimum absolute atomic E-state index is 0.127. The van der Waals surface area contributed by atoms with Gasteiger partial charge in [0.25, 0.3) is 11.3 Å². The number of ether oxygens (including phenoxy) is 1. The third-order valence-electron chi connectivity index (χ3n) is 4.01. The molecular formula is C18H22N6O3. The fourth-order valence-corrected chi connectivity index (χ4v) is 2.80. The number of methoxy groups -OCH3 is 1. The quantitative estimate of drug-likeness (QED) is 0.639. The van der Waals surface area contributed by atoms with E-state index < -0.39 is 11.6 Å². The molecule has 3 N–H and O–H groups in total. The van der Waals surface area contributed by atoms with Gasteiger partial charge in [-0.1, -0.05) is 19.4 Å². The number of fused-ring (bicyclic) bond motifs is 1. The van der Waals surface area contributed by atoms with Crippen LogP contribution >= 0.6 is 0 Å². The van der Waals surface area contributed by atoms with Crippen LogP contribution in [0, 0.1) is 13.8 Å². The lowest BCUT2D eigenvalue weighted by Gasteiger charge is -2.13. The number of aryl methyl sites for hydroxylation is 3. The van der Waals surface area contributed by atoms with Crippen molar-refractivity contribution in [3.05, 3.63) is 45.6 Å². The van der Waals surface area contributed by atoms with E-state index in [-0.39, 0.29) is 11.5 Å². The van der Waals surface area contributed by atoms with E-state index in [1.165, 1.54) is 11.6 Å². The Bertz CT molecular complexity index is 1050. The van der Waals surface area contributed by atoms with E-state index in [0.717, 1.165) is 12.0 Å². The average Bonchev–Trinajstić information content (AvgIpc) is 2.99.